The molecule has 1 aromatic carbocycles. The normalized spacial score (nSPS) is 27.0. The minimum atomic E-state index is -0.451. The van der Waals surface area contributed by atoms with Crippen LogP contribution in [0.15, 0.2) is 24.3 Å². The smallest absolute Gasteiger partial charge is 0.260 e. The standard InChI is InChI=1S/C23H33N3O3/c1-17(2)25-12-19-13-26(21(27)14-29-20-8-6-7-18(3)11-20)16-23(19,15-25)22(28)24-9-4-5-10-24/h6-8,11,17,19H,4-5,9-10,12-16H2,1-3H3/t19-,23-/m0/s1. The molecular weight excluding hydrogens is 366 g/mol. The van der Waals surface area contributed by atoms with Gasteiger partial charge in [0, 0.05) is 51.2 Å². The quantitative estimate of drug-likeness (QED) is 0.762. The molecule has 3 heterocycles. The average Bonchev–Trinajstić information content (AvgIpc) is 3.40. The van der Waals surface area contributed by atoms with Gasteiger partial charge in [-0.05, 0) is 51.3 Å². The lowest BCUT2D eigenvalue weighted by molar-refractivity contribution is -0.142. The van der Waals surface area contributed by atoms with Gasteiger partial charge in [0.05, 0.1) is 5.41 Å². The van der Waals surface area contributed by atoms with Crippen LogP contribution in [-0.2, 0) is 9.59 Å². The Labute approximate surface area is 173 Å². The van der Waals surface area contributed by atoms with Crippen LogP contribution in [0, 0.1) is 18.3 Å². The number of rotatable bonds is 5. The Balaban J connectivity index is 1.46. The SMILES string of the molecule is Cc1cccc(OCC(=O)N2C[C@@H]3CN(C(C)C)C[C@]3(C(=O)N3CCCC3)C2)c1. The molecule has 0 radical (unpaired) electrons. The summed E-state index contributed by atoms with van der Waals surface area (Å²) in [7, 11) is 0. The van der Waals surface area contributed by atoms with Crippen molar-refractivity contribution >= 4 is 11.8 Å². The summed E-state index contributed by atoms with van der Waals surface area (Å²) in [6.45, 7) is 10.9. The van der Waals surface area contributed by atoms with Crippen LogP contribution in [0.1, 0.15) is 32.3 Å². The summed E-state index contributed by atoms with van der Waals surface area (Å²) in [6.07, 6.45) is 2.18. The molecule has 6 heteroatoms. The molecule has 6 nitrogen and oxygen atoms in total. The molecule has 2 atom stereocenters. The van der Waals surface area contributed by atoms with E-state index in [2.05, 4.69) is 18.7 Å². The second-order valence-corrected chi connectivity index (χ2v) is 9.26. The Kier molecular flexibility index (Phi) is 5.56. The van der Waals surface area contributed by atoms with Gasteiger partial charge in [0.25, 0.3) is 5.91 Å². The third-order valence-electron chi connectivity index (χ3n) is 6.89. The van der Waals surface area contributed by atoms with Crippen LogP contribution in [0.2, 0.25) is 0 Å². The number of aryl methyl sites for hydroxylation is 1. The summed E-state index contributed by atoms with van der Waals surface area (Å²) in [4.78, 5) is 32.7. The second-order valence-electron chi connectivity index (χ2n) is 9.26. The van der Waals surface area contributed by atoms with E-state index in [9.17, 15) is 9.59 Å². The Hall–Kier alpha value is -2.08. The molecule has 0 saturated carbocycles. The monoisotopic (exact) mass is 399 g/mol. The number of carbonyl (C=O) groups excluding carboxylic acids is 2. The van der Waals surface area contributed by atoms with Crippen LogP contribution in [-0.4, -0.2) is 78.4 Å². The zero-order valence-corrected chi connectivity index (χ0v) is 17.9. The fourth-order valence-corrected chi connectivity index (χ4v) is 5.17. The molecule has 2 amide bonds. The first-order valence-corrected chi connectivity index (χ1v) is 10.9. The number of fused-ring (bicyclic) bond motifs is 1. The Bertz CT molecular complexity index is 774. The Morgan fingerprint density at radius 1 is 1.14 bits per heavy atom. The maximum atomic E-state index is 13.5. The molecule has 0 aliphatic carbocycles. The van der Waals surface area contributed by atoms with Crippen LogP contribution in [0.4, 0.5) is 0 Å². The molecule has 3 aliphatic heterocycles. The van der Waals surface area contributed by atoms with Gasteiger partial charge in [0.2, 0.25) is 5.91 Å². The van der Waals surface area contributed by atoms with Crippen LogP contribution < -0.4 is 4.74 Å². The lowest BCUT2D eigenvalue weighted by Gasteiger charge is -2.33. The van der Waals surface area contributed by atoms with Crippen LogP contribution in [0.3, 0.4) is 0 Å². The van der Waals surface area contributed by atoms with Crippen LogP contribution >= 0.6 is 0 Å². The molecule has 1 aromatic rings. The van der Waals surface area contributed by atoms with Crippen LogP contribution in [0.5, 0.6) is 5.75 Å². The van der Waals surface area contributed by atoms with E-state index in [-0.39, 0.29) is 24.3 Å². The van der Waals surface area contributed by atoms with Crippen molar-refractivity contribution in [2.24, 2.45) is 11.3 Å². The van der Waals surface area contributed by atoms with Gasteiger partial charge < -0.3 is 14.5 Å². The first kappa shape index (κ1) is 20.2. The maximum Gasteiger partial charge on any atom is 0.260 e. The predicted octanol–water partition coefficient (Wildman–Crippen LogP) is 2.17. The molecule has 4 rings (SSSR count). The highest BCUT2D eigenvalue weighted by molar-refractivity contribution is 5.87. The van der Waals surface area contributed by atoms with Crippen molar-refractivity contribution < 1.29 is 14.3 Å². The van der Waals surface area contributed by atoms with Crippen molar-refractivity contribution in [1.29, 1.82) is 0 Å². The van der Waals surface area contributed by atoms with Crippen molar-refractivity contribution in [2.45, 2.75) is 39.7 Å². The third kappa shape index (κ3) is 3.87. The molecule has 3 fully saturated rings. The number of ether oxygens (including phenoxy) is 1. The van der Waals surface area contributed by atoms with E-state index in [0.29, 0.717) is 24.9 Å². The zero-order chi connectivity index (χ0) is 20.6. The summed E-state index contributed by atoms with van der Waals surface area (Å²) < 4.78 is 5.74. The lowest BCUT2D eigenvalue weighted by atomic mass is 9.79. The van der Waals surface area contributed by atoms with Gasteiger partial charge in [-0.15, -0.1) is 0 Å². The highest BCUT2D eigenvalue weighted by Gasteiger charge is 2.59. The minimum Gasteiger partial charge on any atom is -0.484 e. The van der Waals surface area contributed by atoms with Gasteiger partial charge >= 0.3 is 0 Å². The Morgan fingerprint density at radius 3 is 2.59 bits per heavy atom. The fourth-order valence-electron chi connectivity index (χ4n) is 5.17. The molecule has 3 aliphatic rings. The van der Waals surface area contributed by atoms with Crippen molar-refractivity contribution in [3.63, 3.8) is 0 Å². The molecule has 0 aromatic heterocycles. The summed E-state index contributed by atoms with van der Waals surface area (Å²) >= 11 is 0. The topological polar surface area (TPSA) is 53.1 Å². The molecule has 0 spiro atoms. The second kappa shape index (κ2) is 7.98. The van der Waals surface area contributed by atoms with Gasteiger partial charge in [-0.1, -0.05) is 12.1 Å². The third-order valence-corrected chi connectivity index (χ3v) is 6.89. The highest BCUT2D eigenvalue weighted by atomic mass is 16.5. The van der Waals surface area contributed by atoms with Crippen molar-refractivity contribution in [3.05, 3.63) is 29.8 Å². The predicted molar refractivity (Wildman–Crippen MR) is 112 cm³/mol. The summed E-state index contributed by atoms with van der Waals surface area (Å²) in [5.74, 6) is 1.16. The summed E-state index contributed by atoms with van der Waals surface area (Å²) in [5.41, 5.74) is 0.655. The van der Waals surface area contributed by atoms with Gasteiger partial charge in [-0.3, -0.25) is 14.5 Å². The van der Waals surface area contributed by atoms with Crippen molar-refractivity contribution in [3.8, 4) is 5.75 Å². The highest BCUT2D eigenvalue weighted by Crippen LogP contribution is 2.45. The molecule has 0 bridgehead atoms. The number of benzene rings is 1. The van der Waals surface area contributed by atoms with Crippen molar-refractivity contribution in [2.75, 3.05) is 45.9 Å². The number of hydrogen-bond acceptors (Lipinski definition) is 4. The van der Waals surface area contributed by atoms with E-state index in [1.165, 1.54) is 0 Å². The van der Waals surface area contributed by atoms with Crippen molar-refractivity contribution in [1.82, 2.24) is 14.7 Å². The van der Waals surface area contributed by atoms with E-state index >= 15 is 0 Å². The first-order chi connectivity index (χ1) is 13.9. The molecule has 0 unspecified atom stereocenters. The molecular formula is C23H33N3O3. The zero-order valence-electron chi connectivity index (χ0n) is 17.9. The average molecular weight is 400 g/mol. The minimum absolute atomic E-state index is 0.0226. The van der Waals surface area contributed by atoms with E-state index in [4.69, 9.17) is 4.74 Å². The maximum absolute atomic E-state index is 13.5. The van der Waals surface area contributed by atoms with Gasteiger partial charge in [-0.25, -0.2) is 0 Å². The van der Waals surface area contributed by atoms with Gasteiger partial charge in [-0.2, -0.15) is 0 Å². The summed E-state index contributed by atoms with van der Waals surface area (Å²) in [5, 5.41) is 0. The number of hydrogen-bond donors (Lipinski definition) is 0. The van der Waals surface area contributed by atoms with E-state index in [1.54, 1.807) is 0 Å². The molecule has 29 heavy (non-hydrogen) atoms. The van der Waals surface area contributed by atoms with Gasteiger partial charge in [0.15, 0.2) is 6.61 Å². The van der Waals surface area contributed by atoms with Gasteiger partial charge in [0.1, 0.15) is 5.75 Å². The molecule has 0 N–H and O–H groups in total. The number of nitrogens with zero attached hydrogens (tertiary/aromatic N) is 3. The largest absolute Gasteiger partial charge is 0.484 e. The lowest BCUT2D eigenvalue weighted by Crippen LogP contribution is -2.49. The van der Waals surface area contributed by atoms with E-state index in [1.807, 2.05) is 41.0 Å². The van der Waals surface area contributed by atoms with E-state index in [0.717, 1.165) is 44.6 Å². The van der Waals surface area contributed by atoms with Crippen LogP contribution in [0.25, 0.3) is 0 Å². The molecule has 158 valence electrons. The first-order valence-electron chi connectivity index (χ1n) is 10.9. The Morgan fingerprint density at radius 2 is 1.90 bits per heavy atom. The number of carbonyl (C=O) groups is 2. The fraction of sp³-hybridized carbons (Fsp3) is 0.652. The number of likely N-dealkylation sites (tertiary alicyclic amines) is 3. The number of amides is 2. The molecule has 3 saturated heterocycles. The summed E-state index contributed by atoms with van der Waals surface area (Å²) in [6, 6.07) is 8.16. The van der Waals surface area contributed by atoms with E-state index < -0.39 is 5.41 Å².